The van der Waals surface area contributed by atoms with E-state index in [1.807, 2.05) is 17.6 Å². The number of halogens is 1. The number of amides is 1. The lowest BCUT2D eigenvalue weighted by Gasteiger charge is -2.26. The molecule has 2 aromatic heterocycles. The Kier molecular flexibility index (Phi) is 4.35. The van der Waals surface area contributed by atoms with Crippen molar-refractivity contribution in [1.29, 1.82) is 0 Å². The molecule has 4 rings (SSSR count). The van der Waals surface area contributed by atoms with Gasteiger partial charge in [-0.05, 0) is 42.7 Å². The molecule has 0 fully saturated rings. The predicted molar refractivity (Wildman–Crippen MR) is 103 cm³/mol. The molecule has 6 nitrogen and oxygen atoms in total. The van der Waals surface area contributed by atoms with E-state index in [1.54, 1.807) is 29.3 Å². The largest absolute Gasteiger partial charge is 0.369 e. The van der Waals surface area contributed by atoms with Crippen molar-refractivity contribution < 1.29 is 9.18 Å². The summed E-state index contributed by atoms with van der Waals surface area (Å²) in [6, 6.07) is 8.19. The minimum Gasteiger partial charge on any atom is -0.369 e. The van der Waals surface area contributed by atoms with Crippen molar-refractivity contribution >= 4 is 28.6 Å². The molecule has 0 radical (unpaired) electrons. The van der Waals surface area contributed by atoms with Crippen molar-refractivity contribution in [3.8, 4) is 0 Å². The smallest absolute Gasteiger partial charge is 0.255 e. The number of pyridine rings is 1. The lowest BCUT2D eigenvalue weighted by molar-refractivity contribution is 0.0772. The molecule has 0 bridgehead atoms. The molecule has 138 valence electrons. The molecule has 0 spiro atoms. The van der Waals surface area contributed by atoms with Gasteiger partial charge in [0.25, 0.3) is 5.91 Å². The van der Waals surface area contributed by atoms with Crippen LogP contribution < -0.4 is 5.73 Å². The van der Waals surface area contributed by atoms with Gasteiger partial charge in [-0.3, -0.25) is 9.36 Å². The number of nitrogen functional groups attached to an aromatic ring is 1. The predicted octanol–water partition coefficient (Wildman–Crippen LogP) is 3.10. The second-order valence-corrected chi connectivity index (χ2v) is 6.52. The summed E-state index contributed by atoms with van der Waals surface area (Å²) >= 11 is 0. The molecule has 1 aliphatic heterocycles. The van der Waals surface area contributed by atoms with Gasteiger partial charge in [0.05, 0.1) is 5.56 Å². The van der Waals surface area contributed by atoms with Crippen molar-refractivity contribution in [1.82, 2.24) is 19.4 Å². The van der Waals surface area contributed by atoms with Gasteiger partial charge >= 0.3 is 0 Å². The summed E-state index contributed by atoms with van der Waals surface area (Å²) in [7, 11) is 0. The Bertz CT molecular complexity index is 1040. The molecule has 2 N–H and O–H groups in total. The minimum atomic E-state index is -0.249. The van der Waals surface area contributed by atoms with Gasteiger partial charge in [0.1, 0.15) is 11.3 Å². The first-order valence-corrected chi connectivity index (χ1v) is 8.93. The highest BCUT2D eigenvalue weighted by Gasteiger charge is 2.21. The van der Waals surface area contributed by atoms with Gasteiger partial charge in [-0.15, -0.1) is 0 Å². The van der Waals surface area contributed by atoms with E-state index in [4.69, 9.17) is 5.73 Å². The highest BCUT2D eigenvalue weighted by Crippen LogP contribution is 2.24. The number of fused-ring (bicyclic) bond motifs is 1. The number of aromatic nitrogens is 3. The minimum absolute atomic E-state index is 0.0802. The van der Waals surface area contributed by atoms with Gasteiger partial charge in [-0.1, -0.05) is 18.2 Å². The first-order valence-electron chi connectivity index (χ1n) is 8.93. The number of hydrogen-bond donors (Lipinski definition) is 1. The van der Waals surface area contributed by atoms with Gasteiger partial charge in [-0.2, -0.15) is 0 Å². The van der Waals surface area contributed by atoms with E-state index in [1.165, 1.54) is 12.1 Å². The van der Waals surface area contributed by atoms with Crippen LogP contribution in [0.4, 0.5) is 10.3 Å². The Labute approximate surface area is 156 Å². The fourth-order valence-electron chi connectivity index (χ4n) is 3.42. The van der Waals surface area contributed by atoms with Crippen LogP contribution in [0.1, 0.15) is 29.3 Å². The molecule has 0 unspecified atom stereocenters. The summed E-state index contributed by atoms with van der Waals surface area (Å²) in [5, 5.41) is 0. The van der Waals surface area contributed by atoms with Crippen LogP contribution in [0.3, 0.4) is 0 Å². The van der Waals surface area contributed by atoms with Gasteiger partial charge in [0.2, 0.25) is 5.95 Å². The molecule has 0 atom stereocenters. The summed E-state index contributed by atoms with van der Waals surface area (Å²) in [6.45, 7) is 3.75. The maximum atomic E-state index is 13.1. The molecule has 1 amide bonds. The summed E-state index contributed by atoms with van der Waals surface area (Å²) in [5.41, 5.74) is 9.83. The second kappa shape index (κ2) is 6.83. The first kappa shape index (κ1) is 17.2. The van der Waals surface area contributed by atoms with E-state index >= 15 is 0 Å². The average molecular weight is 365 g/mol. The Morgan fingerprint density at radius 1 is 1.30 bits per heavy atom. The third-order valence-electron chi connectivity index (χ3n) is 4.89. The number of benzene rings is 1. The number of imidazole rings is 1. The zero-order valence-electron chi connectivity index (χ0n) is 15.0. The van der Waals surface area contributed by atoms with Crippen LogP contribution in [-0.4, -0.2) is 38.4 Å². The van der Waals surface area contributed by atoms with E-state index in [0.717, 1.165) is 17.6 Å². The summed E-state index contributed by atoms with van der Waals surface area (Å²) in [4.78, 5) is 23.3. The van der Waals surface area contributed by atoms with Crippen LogP contribution in [0.5, 0.6) is 0 Å². The number of carbonyl (C=O) groups is 1. The average Bonchev–Trinajstić information content (AvgIpc) is 3.02. The standard InChI is InChI=1S/C20H20FN5O/c1-2-26-18-17(24-20(26)22)11-15(12-23-18)19(27)25-9-7-14(8-10-25)13-3-5-16(21)6-4-13/h3-7,11-12H,2,8-10H2,1H3,(H2,22,24). The Hall–Kier alpha value is -3.22. The lowest BCUT2D eigenvalue weighted by atomic mass is 9.99. The monoisotopic (exact) mass is 365 g/mol. The van der Waals surface area contributed by atoms with E-state index < -0.39 is 0 Å². The second-order valence-electron chi connectivity index (χ2n) is 6.52. The molecule has 0 aliphatic carbocycles. The maximum absolute atomic E-state index is 13.1. The van der Waals surface area contributed by atoms with Gasteiger partial charge in [-0.25, -0.2) is 14.4 Å². The first-order chi connectivity index (χ1) is 13.1. The fraction of sp³-hybridized carbons (Fsp3) is 0.250. The highest BCUT2D eigenvalue weighted by molar-refractivity contribution is 5.97. The van der Waals surface area contributed by atoms with E-state index in [2.05, 4.69) is 9.97 Å². The van der Waals surface area contributed by atoms with Crippen LogP contribution in [0.15, 0.2) is 42.6 Å². The molecule has 1 aliphatic rings. The number of anilines is 1. The number of nitrogens with zero attached hydrogens (tertiary/aromatic N) is 4. The molecular formula is C20H20FN5O. The third-order valence-corrected chi connectivity index (χ3v) is 4.89. The van der Waals surface area contributed by atoms with E-state index in [9.17, 15) is 9.18 Å². The quantitative estimate of drug-likeness (QED) is 0.774. The molecular weight excluding hydrogens is 345 g/mol. The van der Waals surface area contributed by atoms with Crippen LogP contribution >= 0.6 is 0 Å². The summed E-state index contributed by atoms with van der Waals surface area (Å²) in [6.07, 6.45) is 4.33. The van der Waals surface area contributed by atoms with Crippen LogP contribution in [-0.2, 0) is 6.54 Å². The topological polar surface area (TPSA) is 77.0 Å². The number of carbonyl (C=O) groups excluding carboxylic acids is 1. The lowest BCUT2D eigenvalue weighted by Crippen LogP contribution is -2.34. The third kappa shape index (κ3) is 3.16. The van der Waals surface area contributed by atoms with Gasteiger partial charge in [0, 0.05) is 25.8 Å². The number of rotatable bonds is 3. The molecule has 3 heterocycles. The Morgan fingerprint density at radius 2 is 2.07 bits per heavy atom. The number of hydrogen-bond acceptors (Lipinski definition) is 4. The van der Waals surface area contributed by atoms with E-state index in [0.29, 0.717) is 42.3 Å². The summed E-state index contributed by atoms with van der Waals surface area (Å²) < 4.78 is 14.9. The molecule has 0 saturated heterocycles. The van der Waals surface area contributed by atoms with Crippen molar-refractivity contribution in [2.45, 2.75) is 19.9 Å². The fourth-order valence-corrected chi connectivity index (χ4v) is 3.42. The van der Waals surface area contributed by atoms with Crippen molar-refractivity contribution in [3.05, 3.63) is 59.5 Å². The Morgan fingerprint density at radius 3 is 2.74 bits per heavy atom. The van der Waals surface area contributed by atoms with Crippen LogP contribution in [0.25, 0.3) is 16.7 Å². The highest BCUT2D eigenvalue weighted by atomic mass is 19.1. The molecule has 7 heteroatoms. The maximum Gasteiger partial charge on any atom is 0.255 e. The summed E-state index contributed by atoms with van der Waals surface area (Å²) in [5.74, 6) is 0.0684. The van der Waals surface area contributed by atoms with Crippen molar-refractivity contribution in [2.75, 3.05) is 18.8 Å². The normalized spacial score (nSPS) is 14.4. The zero-order valence-corrected chi connectivity index (χ0v) is 15.0. The van der Waals surface area contributed by atoms with Crippen molar-refractivity contribution in [3.63, 3.8) is 0 Å². The van der Waals surface area contributed by atoms with Crippen LogP contribution in [0.2, 0.25) is 0 Å². The Balaban J connectivity index is 1.54. The van der Waals surface area contributed by atoms with Gasteiger partial charge < -0.3 is 10.6 Å². The molecule has 3 aromatic rings. The van der Waals surface area contributed by atoms with Crippen molar-refractivity contribution in [2.24, 2.45) is 0 Å². The number of nitrogens with two attached hydrogens (primary N) is 1. The SMILES string of the molecule is CCn1c(N)nc2cc(C(=O)N3CC=C(c4ccc(F)cc4)CC3)cnc21. The zero-order chi connectivity index (χ0) is 19.0. The van der Waals surface area contributed by atoms with Crippen LogP contribution in [0, 0.1) is 5.82 Å². The van der Waals surface area contributed by atoms with E-state index in [-0.39, 0.29) is 11.7 Å². The van der Waals surface area contributed by atoms with Gasteiger partial charge in [0.15, 0.2) is 5.65 Å². The number of aryl methyl sites for hydroxylation is 1. The molecule has 0 saturated carbocycles. The molecule has 1 aromatic carbocycles. The molecule has 27 heavy (non-hydrogen) atoms.